The van der Waals surface area contributed by atoms with Gasteiger partial charge < -0.3 is 32.5 Å². The second kappa shape index (κ2) is 25.2. The molecule has 0 aromatic rings. The van der Waals surface area contributed by atoms with Crippen LogP contribution in [-0.2, 0) is 51.7 Å². The third kappa shape index (κ3) is 15.0. The molecule has 0 amide bonds. The summed E-state index contributed by atoms with van der Waals surface area (Å²) in [6, 6.07) is 5.02. The summed E-state index contributed by atoms with van der Waals surface area (Å²) in [5.41, 5.74) is 0.902. The fourth-order valence-corrected chi connectivity index (χ4v) is 14.8. The molecular weight excluding hydrogens is 799 g/mol. The number of allylic oxidation sites excluding steroid dienone is 3. The van der Waals surface area contributed by atoms with Crippen molar-refractivity contribution in [3.05, 3.63) is 23.8 Å². The van der Waals surface area contributed by atoms with E-state index in [1.807, 2.05) is 66.6 Å². The number of carbonyl (C=O) groups excluding carboxylic acids is 4. The summed E-state index contributed by atoms with van der Waals surface area (Å²) >= 11 is 0. The standard InChI is InChI=1S/C46H83NO11Si2/c1-17-39-37(29-52-59(18-2,19-3)20-4)26-30(8)24-25-38(50)31(9)27-32(10)43(33(11)40(28-41(51)56-39)58-60(21-5,22-6)23-7)57-46-45(55-36(14)49)42(47(15)16)44(34(12)53-46)54-35(13)48/h24-26,31-34,37,39-40,42-46H,17-23,27-29H2,1-16H3/b25-24+,30-26+/t31-,32+,33+,34?,37-,39-,40-,42?,43+,44?,45?,46?/m1/s1. The lowest BCUT2D eigenvalue weighted by molar-refractivity contribution is -0.307. The molecule has 60 heavy (non-hydrogen) atoms. The van der Waals surface area contributed by atoms with E-state index >= 15 is 0 Å². The highest BCUT2D eigenvalue weighted by atomic mass is 28.4. The van der Waals surface area contributed by atoms with Gasteiger partial charge >= 0.3 is 17.9 Å². The molecule has 2 aliphatic rings. The molecule has 1 fully saturated rings. The van der Waals surface area contributed by atoms with Gasteiger partial charge in [0.1, 0.15) is 12.2 Å². The summed E-state index contributed by atoms with van der Waals surface area (Å²) in [6.45, 7) is 28.0. The maximum absolute atomic E-state index is 14.4. The average Bonchev–Trinajstić information content (AvgIpc) is 3.20. The fraction of sp³-hybridized carbons (Fsp3) is 0.826. The van der Waals surface area contributed by atoms with Crippen LogP contribution in [0.3, 0.4) is 0 Å². The molecule has 12 atom stereocenters. The van der Waals surface area contributed by atoms with Crippen molar-refractivity contribution in [2.24, 2.45) is 23.7 Å². The molecule has 2 aliphatic heterocycles. The molecule has 1 saturated heterocycles. The topological polar surface area (TPSA) is 136 Å². The minimum atomic E-state index is -2.33. The zero-order valence-corrected chi connectivity index (χ0v) is 42.2. The molecule has 5 unspecified atom stereocenters. The van der Waals surface area contributed by atoms with Gasteiger partial charge in [-0.2, -0.15) is 0 Å². The van der Waals surface area contributed by atoms with Gasteiger partial charge in [-0.25, -0.2) is 0 Å². The molecule has 14 heteroatoms. The number of ketones is 1. The smallest absolute Gasteiger partial charge is 0.308 e. The van der Waals surface area contributed by atoms with Crippen LogP contribution in [0.2, 0.25) is 36.3 Å². The Hall–Kier alpha value is -2.21. The van der Waals surface area contributed by atoms with Gasteiger partial charge in [-0.1, -0.05) is 87.0 Å². The van der Waals surface area contributed by atoms with E-state index in [9.17, 15) is 19.2 Å². The van der Waals surface area contributed by atoms with Crippen molar-refractivity contribution in [2.75, 3.05) is 20.7 Å². The van der Waals surface area contributed by atoms with Crippen LogP contribution in [-0.4, -0.2) is 115 Å². The number of ether oxygens (including phenoxy) is 5. The van der Waals surface area contributed by atoms with Gasteiger partial charge in [-0.3, -0.25) is 24.1 Å². The van der Waals surface area contributed by atoms with Crippen molar-refractivity contribution in [3.8, 4) is 0 Å². The van der Waals surface area contributed by atoms with Gasteiger partial charge in [0.05, 0.1) is 30.8 Å². The van der Waals surface area contributed by atoms with Crippen molar-refractivity contribution in [3.63, 3.8) is 0 Å². The van der Waals surface area contributed by atoms with E-state index in [1.165, 1.54) is 13.8 Å². The number of hydrogen-bond donors (Lipinski definition) is 0. The predicted molar refractivity (Wildman–Crippen MR) is 241 cm³/mol. The van der Waals surface area contributed by atoms with Gasteiger partial charge in [0.2, 0.25) is 0 Å². The summed E-state index contributed by atoms with van der Waals surface area (Å²) in [5.74, 6) is -2.59. The molecule has 0 N–H and O–H groups in total. The normalized spacial score (nSPS) is 33.1. The van der Waals surface area contributed by atoms with Gasteiger partial charge in [-0.05, 0) is 89.0 Å². The molecule has 0 saturated carbocycles. The highest BCUT2D eigenvalue weighted by Gasteiger charge is 2.52. The average molecular weight is 882 g/mol. The van der Waals surface area contributed by atoms with Crippen molar-refractivity contribution in [2.45, 2.75) is 201 Å². The highest BCUT2D eigenvalue weighted by molar-refractivity contribution is 6.74. The lowest BCUT2D eigenvalue weighted by Gasteiger charge is -2.48. The van der Waals surface area contributed by atoms with Crippen LogP contribution in [0, 0.1) is 23.7 Å². The SMILES string of the molecule is CC[C@H]1OC(=O)C[C@@H](O[Si](CC)(CC)CC)[C@H](C)[C@@H](OC2OC(C)C(OC(C)=O)C(N(C)C)C2OC(C)=O)[C@@H](C)C[C@@H](C)C(=O)/C=C/C(C)=C/[C@@H]1CO[Si](CC)(CC)CC. The number of likely N-dealkylation sites (N-methyl/N-ethyl adjacent to an activating group) is 1. The lowest BCUT2D eigenvalue weighted by atomic mass is 9.82. The predicted octanol–water partition coefficient (Wildman–Crippen LogP) is 9.03. The van der Waals surface area contributed by atoms with Crippen LogP contribution < -0.4 is 0 Å². The highest BCUT2D eigenvalue weighted by Crippen LogP contribution is 2.37. The number of nitrogens with zero attached hydrogens (tertiary/aromatic N) is 1. The first-order valence-corrected chi connectivity index (χ1v) is 28.0. The maximum atomic E-state index is 14.4. The number of hydrogen-bond acceptors (Lipinski definition) is 12. The Morgan fingerprint density at radius 1 is 0.800 bits per heavy atom. The van der Waals surface area contributed by atoms with Gasteiger partial charge in [-0.15, -0.1) is 0 Å². The van der Waals surface area contributed by atoms with Gasteiger partial charge in [0.25, 0.3) is 0 Å². The lowest BCUT2D eigenvalue weighted by Crippen LogP contribution is -2.65. The molecule has 2 rings (SSSR count). The summed E-state index contributed by atoms with van der Waals surface area (Å²) in [4.78, 5) is 55.1. The monoisotopic (exact) mass is 882 g/mol. The Morgan fingerprint density at radius 2 is 1.35 bits per heavy atom. The summed E-state index contributed by atoms with van der Waals surface area (Å²) in [6.07, 6.45) is 1.56. The Labute approximate surface area is 365 Å². The first-order chi connectivity index (χ1) is 28.2. The van der Waals surface area contributed by atoms with E-state index in [1.54, 1.807) is 6.08 Å². The molecule has 0 bridgehead atoms. The van der Waals surface area contributed by atoms with Gasteiger partial charge in [0.15, 0.2) is 34.8 Å². The fourth-order valence-electron chi connectivity index (χ4n) is 9.19. The van der Waals surface area contributed by atoms with E-state index in [0.717, 1.165) is 41.8 Å². The maximum Gasteiger partial charge on any atom is 0.308 e. The minimum Gasteiger partial charge on any atom is -0.462 e. The zero-order chi connectivity index (χ0) is 45.5. The number of cyclic esters (lactones) is 1. The third-order valence-corrected chi connectivity index (χ3v) is 22.8. The Kier molecular flexibility index (Phi) is 22.6. The van der Waals surface area contributed by atoms with Crippen LogP contribution in [0.1, 0.15) is 116 Å². The summed E-state index contributed by atoms with van der Waals surface area (Å²) < 4.78 is 45.9. The first-order valence-electron chi connectivity index (χ1n) is 22.9. The second-order valence-electron chi connectivity index (χ2n) is 17.8. The number of esters is 3. The van der Waals surface area contributed by atoms with Crippen molar-refractivity contribution < 1.29 is 51.7 Å². The zero-order valence-electron chi connectivity index (χ0n) is 40.2. The molecule has 0 spiro atoms. The van der Waals surface area contributed by atoms with E-state index in [2.05, 4.69) is 47.6 Å². The third-order valence-electron chi connectivity index (χ3n) is 13.5. The van der Waals surface area contributed by atoms with Crippen LogP contribution in [0.15, 0.2) is 23.8 Å². The van der Waals surface area contributed by atoms with E-state index in [-0.39, 0.29) is 35.9 Å². The number of rotatable bonds is 17. The van der Waals surface area contributed by atoms with Crippen LogP contribution >= 0.6 is 0 Å². The molecular formula is C46H83NO11Si2. The Morgan fingerprint density at radius 3 is 1.85 bits per heavy atom. The van der Waals surface area contributed by atoms with E-state index < -0.39 is 83.4 Å². The largest absolute Gasteiger partial charge is 0.462 e. The van der Waals surface area contributed by atoms with Crippen LogP contribution in [0.4, 0.5) is 0 Å². The van der Waals surface area contributed by atoms with Crippen LogP contribution in [0.25, 0.3) is 0 Å². The molecule has 12 nitrogen and oxygen atoms in total. The minimum absolute atomic E-state index is 0.00533. The summed E-state index contributed by atoms with van der Waals surface area (Å²) in [7, 11) is -0.630. The second-order valence-corrected chi connectivity index (χ2v) is 27.3. The molecule has 0 aromatic carbocycles. The Bertz CT molecular complexity index is 1410. The van der Waals surface area contributed by atoms with E-state index in [4.69, 9.17) is 32.5 Å². The van der Waals surface area contributed by atoms with Crippen molar-refractivity contribution >= 4 is 40.3 Å². The van der Waals surface area contributed by atoms with E-state index in [0.29, 0.717) is 19.4 Å². The Balaban J connectivity index is 2.80. The molecule has 346 valence electrons. The molecule has 0 radical (unpaired) electrons. The molecule has 0 aliphatic carbocycles. The van der Waals surface area contributed by atoms with Crippen molar-refractivity contribution in [1.82, 2.24) is 4.90 Å². The molecule has 2 heterocycles. The van der Waals surface area contributed by atoms with Crippen LogP contribution in [0.5, 0.6) is 0 Å². The van der Waals surface area contributed by atoms with Gasteiger partial charge in [0, 0.05) is 38.2 Å². The quantitative estimate of drug-likeness (QED) is 0.0784. The van der Waals surface area contributed by atoms with Crippen molar-refractivity contribution in [1.29, 1.82) is 0 Å². The molecule has 0 aromatic heterocycles. The first kappa shape index (κ1) is 53.9. The number of carbonyl (C=O) groups is 4. The summed E-state index contributed by atoms with van der Waals surface area (Å²) in [5, 5.41) is 0.